The molecule has 5 heteroatoms. The summed E-state index contributed by atoms with van der Waals surface area (Å²) in [5, 5.41) is 3.30. The summed E-state index contributed by atoms with van der Waals surface area (Å²) >= 11 is 0. The predicted octanol–water partition coefficient (Wildman–Crippen LogP) is 2.00. The third-order valence-electron chi connectivity index (χ3n) is 2.25. The topological polar surface area (TPSA) is 58.4 Å². The molecule has 1 aromatic carbocycles. The Kier molecular flexibility index (Phi) is 5.15. The average Bonchev–Trinajstić information content (AvgIpc) is 2.37. The molecule has 0 aliphatic carbocycles. The van der Waals surface area contributed by atoms with Crippen LogP contribution in [-0.2, 0) is 0 Å². The molecule has 0 heterocycles. The summed E-state index contributed by atoms with van der Waals surface area (Å²) in [4.78, 5) is 11.4. The van der Waals surface area contributed by atoms with Crippen LogP contribution in [0.4, 0.5) is 14.9 Å². The molecule has 0 aliphatic rings. The smallest absolute Gasteiger partial charge is 0.336 e. The highest BCUT2D eigenvalue weighted by Gasteiger charge is 2.13. The molecule has 0 aromatic heterocycles. The largest absolute Gasteiger partial charge is 0.340 e. The molecule has 3 N–H and O–H groups in total. The number of nitrogens with two attached hydrogens (primary N) is 1. The number of carbonyl (C=O) groups is 1. The van der Waals surface area contributed by atoms with Gasteiger partial charge in [0.15, 0.2) is 0 Å². The monoisotopic (exact) mass is 249 g/mol. The van der Waals surface area contributed by atoms with Crippen LogP contribution in [0, 0.1) is 17.7 Å². The maximum absolute atomic E-state index is 13.2. The molecule has 96 valence electrons. The number of halogens is 1. The minimum atomic E-state index is -0.486. The highest BCUT2D eigenvalue weighted by atomic mass is 19.1. The molecule has 2 amide bonds. The number of hydrazine groups is 1. The lowest BCUT2D eigenvalue weighted by Gasteiger charge is -2.17. The van der Waals surface area contributed by atoms with E-state index in [0.29, 0.717) is 17.7 Å². The highest BCUT2D eigenvalue weighted by molar-refractivity contribution is 5.92. The number of rotatable bonds is 2. The van der Waals surface area contributed by atoms with Crippen molar-refractivity contribution in [2.24, 2.45) is 5.84 Å². The second-order valence-corrected chi connectivity index (χ2v) is 3.64. The summed E-state index contributed by atoms with van der Waals surface area (Å²) in [5.41, 5.74) is 0.772. The van der Waals surface area contributed by atoms with Crippen molar-refractivity contribution in [1.82, 2.24) is 5.32 Å². The molecule has 0 aliphatic heterocycles. The van der Waals surface area contributed by atoms with E-state index in [2.05, 4.69) is 17.2 Å². The Hall–Kier alpha value is -2.06. The van der Waals surface area contributed by atoms with E-state index in [1.54, 1.807) is 0 Å². The van der Waals surface area contributed by atoms with Gasteiger partial charge in [-0.2, -0.15) is 0 Å². The van der Waals surface area contributed by atoms with E-state index in [0.717, 1.165) is 11.4 Å². The number of carbonyl (C=O) groups excluding carboxylic acids is 1. The molecule has 1 aromatic rings. The van der Waals surface area contributed by atoms with Crippen LogP contribution in [0.2, 0.25) is 0 Å². The van der Waals surface area contributed by atoms with Gasteiger partial charge in [-0.05, 0) is 24.6 Å². The summed E-state index contributed by atoms with van der Waals surface area (Å²) in [7, 11) is 1.47. The number of hydrogen-bond donors (Lipinski definition) is 2. The van der Waals surface area contributed by atoms with Crippen molar-refractivity contribution in [2.45, 2.75) is 19.8 Å². The zero-order valence-electron chi connectivity index (χ0n) is 10.5. The van der Waals surface area contributed by atoms with Crippen LogP contribution in [0.1, 0.15) is 25.3 Å². The molecule has 0 fully saturated rings. The molecule has 4 nitrogen and oxygen atoms in total. The summed E-state index contributed by atoms with van der Waals surface area (Å²) in [6.07, 6.45) is 1.62. The molecule has 0 spiro atoms. The van der Waals surface area contributed by atoms with Gasteiger partial charge < -0.3 is 5.32 Å². The van der Waals surface area contributed by atoms with Crippen LogP contribution >= 0.6 is 0 Å². The Bertz CT molecular complexity index is 491. The number of anilines is 1. The lowest BCUT2D eigenvalue weighted by atomic mass is 10.1. The number of urea groups is 1. The van der Waals surface area contributed by atoms with Crippen molar-refractivity contribution in [2.75, 3.05) is 12.1 Å². The van der Waals surface area contributed by atoms with Gasteiger partial charge in [0.1, 0.15) is 5.82 Å². The third kappa shape index (κ3) is 3.47. The van der Waals surface area contributed by atoms with Crippen molar-refractivity contribution in [1.29, 1.82) is 0 Å². The molecule has 0 bridgehead atoms. The Morgan fingerprint density at radius 2 is 2.28 bits per heavy atom. The fraction of sp³-hybridized carbons (Fsp3) is 0.308. The number of nitrogens with one attached hydrogen (secondary N) is 1. The second-order valence-electron chi connectivity index (χ2n) is 3.64. The number of benzene rings is 1. The maximum atomic E-state index is 13.2. The Morgan fingerprint density at radius 3 is 2.89 bits per heavy atom. The fourth-order valence-corrected chi connectivity index (χ4v) is 1.33. The van der Waals surface area contributed by atoms with Gasteiger partial charge in [0.2, 0.25) is 0 Å². The molecule has 0 radical (unpaired) electrons. The van der Waals surface area contributed by atoms with Crippen molar-refractivity contribution >= 4 is 11.7 Å². The van der Waals surface area contributed by atoms with E-state index in [1.165, 1.54) is 25.2 Å². The zero-order chi connectivity index (χ0) is 13.5. The predicted molar refractivity (Wildman–Crippen MR) is 69.3 cm³/mol. The Balaban J connectivity index is 3.12. The van der Waals surface area contributed by atoms with Crippen LogP contribution < -0.4 is 16.2 Å². The first-order chi connectivity index (χ1) is 8.60. The molecule has 0 atom stereocenters. The number of amides is 2. The van der Waals surface area contributed by atoms with E-state index >= 15 is 0 Å². The van der Waals surface area contributed by atoms with E-state index in [9.17, 15) is 9.18 Å². The molecule has 0 unspecified atom stereocenters. The SMILES string of the molecule is CCCC#Cc1cc(F)ccc1N(N)C(=O)NC. The fourth-order valence-electron chi connectivity index (χ4n) is 1.33. The number of unbranched alkanes of at least 4 members (excludes halogenated alkanes) is 1. The van der Waals surface area contributed by atoms with Crippen molar-refractivity contribution < 1.29 is 9.18 Å². The lowest BCUT2D eigenvalue weighted by Crippen LogP contribution is -2.43. The molecule has 0 saturated carbocycles. The van der Waals surface area contributed by atoms with Crippen LogP contribution in [-0.4, -0.2) is 13.1 Å². The van der Waals surface area contributed by atoms with Gasteiger partial charge in [0.05, 0.1) is 11.3 Å². The lowest BCUT2D eigenvalue weighted by molar-refractivity contribution is 0.248. The quantitative estimate of drug-likeness (QED) is 0.364. The first-order valence-corrected chi connectivity index (χ1v) is 5.65. The molecule has 18 heavy (non-hydrogen) atoms. The number of hydrogen-bond acceptors (Lipinski definition) is 2. The van der Waals surface area contributed by atoms with Gasteiger partial charge in [-0.1, -0.05) is 18.8 Å². The standard InChI is InChI=1S/C13H16FN3O/c1-3-4-5-6-10-9-11(14)7-8-12(10)17(15)13(18)16-2/h7-9H,3-4,15H2,1-2H3,(H,16,18). The summed E-state index contributed by atoms with van der Waals surface area (Å²) in [5.74, 6) is 10.9. The first-order valence-electron chi connectivity index (χ1n) is 5.65. The van der Waals surface area contributed by atoms with Crippen LogP contribution in [0.5, 0.6) is 0 Å². The molecular weight excluding hydrogens is 233 g/mol. The highest BCUT2D eigenvalue weighted by Crippen LogP contribution is 2.18. The van der Waals surface area contributed by atoms with Crippen LogP contribution in [0.25, 0.3) is 0 Å². The van der Waals surface area contributed by atoms with Crippen molar-refractivity contribution in [3.8, 4) is 11.8 Å². The van der Waals surface area contributed by atoms with E-state index < -0.39 is 11.8 Å². The van der Waals surface area contributed by atoms with Gasteiger partial charge in [0.25, 0.3) is 0 Å². The normalized spacial score (nSPS) is 9.33. The minimum Gasteiger partial charge on any atom is -0.340 e. The van der Waals surface area contributed by atoms with E-state index in [1.807, 2.05) is 6.92 Å². The molecule has 0 saturated heterocycles. The average molecular weight is 249 g/mol. The zero-order valence-corrected chi connectivity index (χ0v) is 10.5. The summed E-state index contributed by atoms with van der Waals surface area (Å²) in [6, 6.07) is 3.45. The van der Waals surface area contributed by atoms with Crippen molar-refractivity contribution in [3.05, 3.63) is 29.6 Å². The molecular formula is C13H16FN3O. The Morgan fingerprint density at radius 1 is 1.56 bits per heavy atom. The second kappa shape index (κ2) is 6.62. The van der Waals surface area contributed by atoms with Gasteiger partial charge in [-0.25, -0.2) is 20.0 Å². The first kappa shape index (κ1) is 14.0. The van der Waals surface area contributed by atoms with Gasteiger partial charge in [0, 0.05) is 13.5 Å². The van der Waals surface area contributed by atoms with Gasteiger partial charge >= 0.3 is 6.03 Å². The van der Waals surface area contributed by atoms with E-state index in [4.69, 9.17) is 5.84 Å². The van der Waals surface area contributed by atoms with Crippen LogP contribution in [0.15, 0.2) is 18.2 Å². The Labute approximate surface area is 106 Å². The van der Waals surface area contributed by atoms with E-state index in [-0.39, 0.29) is 0 Å². The maximum Gasteiger partial charge on any atom is 0.336 e. The van der Waals surface area contributed by atoms with Crippen LogP contribution in [0.3, 0.4) is 0 Å². The third-order valence-corrected chi connectivity index (χ3v) is 2.25. The van der Waals surface area contributed by atoms with Gasteiger partial charge in [-0.3, -0.25) is 0 Å². The van der Waals surface area contributed by atoms with Gasteiger partial charge in [-0.15, -0.1) is 0 Å². The summed E-state index contributed by atoms with van der Waals surface area (Å²) < 4.78 is 13.2. The number of nitrogens with zero attached hydrogens (tertiary/aromatic N) is 1. The summed E-state index contributed by atoms with van der Waals surface area (Å²) in [6.45, 7) is 2.00. The minimum absolute atomic E-state index is 0.374. The molecule has 1 rings (SSSR count). The van der Waals surface area contributed by atoms with Crippen molar-refractivity contribution in [3.63, 3.8) is 0 Å².